The van der Waals surface area contributed by atoms with Crippen LogP contribution in [0.4, 0.5) is 16.2 Å². The van der Waals surface area contributed by atoms with Crippen LogP contribution >= 0.6 is 11.6 Å². The molecule has 0 saturated carbocycles. The highest BCUT2D eigenvalue weighted by atomic mass is 35.5. The number of ketones is 1. The number of benzene rings is 2. The molecule has 0 bridgehead atoms. The summed E-state index contributed by atoms with van der Waals surface area (Å²) in [5.41, 5.74) is 1.29. The molecule has 2 amide bonds. The lowest BCUT2D eigenvalue weighted by atomic mass is 10.1. The van der Waals surface area contributed by atoms with Gasteiger partial charge in [0.2, 0.25) is 0 Å². The minimum absolute atomic E-state index is 0.186. The molecule has 0 aromatic heterocycles. The summed E-state index contributed by atoms with van der Waals surface area (Å²) in [4.78, 5) is 24.0. The zero-order valence-corrected chi connectivity index (χ0v) is 13.6. The molecule has 0 spiro atoms. The van der Waals surface area contributed by atoms with Crippen LogP contribution in [-0.4, -0.2) is 25.0 Å². The largest absolute Gasteiger partial charge is 0.486 e. The van der Waals surface area contributed by atoms with Crippen LogP contribution in [0.15, 0.2) is 36.4 Å². The Balaban J connectivity index is 1.81. The van der Waals surface area contributed by atoms with E-state index in [4.69, 9.17) is 21.1 Å². The molecule has 0 fully saturated rings. The molecule has 2 aromatic rings. The normalized spacial score (nSPS) is 12.4. The minimum atomic E-state index is -0.475. The van der Waals surface area contributed by atoms with Crippen LogP contribution in [0.5, 0.6) is 11.5 Å². The summed E-state index contributed by atoms with van der Waals surface area (Å²) in [6.45, 7) is 2.27. The van der Waals surface area contributed by atoms with Crippen LogP contribution in [0, 0.1) is 0 Å². The highest BCUT2D eigenvalue weighted by Gasteiger charge is 2.19. The molecular weight excluding hydrogens is 332 g/mol. The maximum absolute atomic E-state index is 12.2. The maximum Gasteiger partial charge on any atom is 0.323 e. The summed E-state index contributed by atoms with van der Waals surface area (Å²) in [7, 11) is 0. The average molecular weight is 347 g/mol. The van der Waals surface area contributed by atoms with Gasteiger partial charge in [-0.2, -0.15) is 0 Å². The predicted molar refractivity (Wildman–Crippen MR) is 91.5 cm³/mol. The number of ether oxygens (including phenoxy) is 2. The first-order valence-corrected chi connectivity index (χ1v) is 7.69. The molecular formula is C17H15ClN2O4. The molecule has 6 nitrogen and oxygen atoms in total. The quantitative estimate of drug-likeness (QED) is 0.825. The van der Waals surface area contributed by atoms with E-state index in [0.717, 1.165) is 0 Å². The first kappa shape index (κ1) is 16.1. The summed E-state index contributed by atoms with van der Waals surface area (Å²) in [6, 6.07) is 9.39. The third-order valence-corrected chi connectivity index (χ3v) is 3.66. The van der Waals surface area contributed by atoms with Gasteiger partial charge in [-0.3, -0.25) is 4.79 Å². The summed E-state index contributed by atoms with van der Waals surface area (Å²) in [6.07, 6.45) is 0. The van der Waals surface area contributed by atoms with Gasteiger partial charge in [-0.25, -0.2) is 4.79 Å². The zero-order valence-electron chi connectivity index (χ0n) is 12.9. The third kappa shape index (κ3) is 3.60. The SMILES string of the molecule is CC(=O)c1cc2c(cc1NC(=O)Nc1ccc(Cl)cc1)OCCO2. The monoisotopic (exact) mass is 346 g/mol. The van der Waals surface area contributed by atoms with Crippen LogP contribution in [0.1, 0.15) is 17.3 Å². The van der Waals surface area contributed by atoms with Crippen molar-refractivity contribution in [2.75, 3.05) is 23.8 Å². The highest BCUT2D eigenvalue weighted by molar-refractivity contribution is 6.30. The van der Waals surface area contributed by atoms with Gasteiger partial charge in [0.25, 0.3) is 0 Å². The van der Waals surface area contributed by atoms with Gasteiger partial charge in [-0.05, 0) is 37.3 Å². The number of anilines is 2. The van der Waals surface area contributed by atoms with Crippen molar-refractivity contribution in [2.24, 2.45) is 0 Å². The van der Waals surface area contributed by atoms with E-state index in [-0.39, 0.29) is 5.78 Å². The molecule has 1 heterocycles. The van der Waals surface area contributed by atoms with Crippen molar-refractivity contribution >= 4 is 34.8 Å². The number of amides is 2. The van der Waals surface area contributed by atoms with E-state index in [1.807, 2.05) is 0 Å². The zero-order chi connectivity index (χ0) is 17.1. The first-order valence-electron chi connectivity index (χ1n) is 7.31. The van der Waals surface area contributed by atoms with E-state index in [9.17, 15) is 9.59 Å². The van der Waals surface area contributed by atoms with Gasteiger partial charge in [0.15, 0.2) is 17.3 Å². The number of fused-ring (bicyclic) bond motifs is 1. The van der Waals surface area contributed by atoms with Crippen LogP contribution in [0.2, 0.25) is 5.02 Å². The van der Waals surface area contributed by atoms with Crippen molar-refractivity contribution in [3.8, 4) is 11.5 Å². The van der Waals surface area contributed by atoms with Gasteiger partial charge < -0.3 is 20.1 Å². The summed E-state index contributed by atoms with van der Waals surface area (Å²) < 4.78 is 11.0. The molecule has 1 aliphatic rings. The minimum Gasteiger partial charge on any atom is -0.486 e. The highest BCUT2D eigenvalue weighted by Crippen LogP contribution is 2.36. The van der Waals surface area contributed by atoms with E-state index in [0.29, 0.717) is 46.7 Å². The third-order valence-electron chi connectivity index (χ3n) is 3.41. The Labute approximate surface area is 143 Å². The fourth-order valence-corrected chi connectivity index (χ4v) is 2.43. The number of nitrogens with one attached hydrogen (secondary N) is 2. The fourth-order valence-electron chi connectivity index (χ4n) is 2.30. The number of hydrogen-bond acceptors (Lipinski definition) is 4. The second kappa shape index (κ2) is 6.80. The maximum atomic E-state index is 12.2. The van der Waals surface area contributed by atoms with E-state index >= 15 is 0 Å². The lowest BCUT2D eigenvalue weighted by Crippen LogP contribution is -2.22. The molecule has 124 valence electrons. The Bertz CT molecular complexity index is 790. The predicted octanol–water partition coefficient (Wildman–Crippen LogP) is 3.96. The van der Waals surface area contributed by atoms with E-state index in [1.165, 1.54) is 6.92 Å². The topological polar surface area (TPSA) is 76.7 Å². The van der Waals surface area contributed by atoms with Crippen LogP contribution in [0.3, 0.4) is 0 Å². The molecule has 0 unspecified atom stereocenters. The number of hydrogen-bond donors (Lipinski definition) is 2. The van der Waals surface area contributed by atoms with Crippen LogP contribution in [-0.2, 0) is 0 Å². The standard InChI is InChI=1S/C17H15ClN2O4/c1-10(21)13-8-15-16(24-7-6-23-15)9-14(13)20-17(22)19-12-4-2-11(18)3-5-12/h2-5,8-9H,6-7H2,1H3,(H2,19,20,22). The number of rotatable bonds is 3. The molecule has 0 aliphatic carbocycles. The smallest absolute Gasteiger partial charge is 0.323 e. The van der Waals surface area contributed by atoms with Crippen molar-refractivity contribution < 1.29 is 19.1 Å². The molecule has 1 aliphatic heterocycles. The van der Waals surface area contributed by atoms with Crippen molar-refractivity contribution in [2.45, 2.75) is 6.92 Å². The second-order valence-corrected chi connectivity index (χ2v) is 5.62. The Kier molecular flexibility index (Phi) is 4.57. The van der Waals surface area contributed by atoms with Crippen molar-refractivity contribution in [1.29, 1.82) is 0 Å². The summed E-state index contributed by atoms with van der Waals surface area (Å²) in [5.74, 6) is 0.803. The van der Waals surface area contributed by atoms with Crippen molar-refractivity contribution in [3.05, 3.63) is 47.0 Å². The average Bonchev–Trinajstić information content (AvgIpc) is 2.56. The lowest BCUT2D eigenvalue weighted by molar-refractivity contribution is 0.101. The molecule has 0 radical (unpaired) electrons. The Morgan fingerprint density at radius 2 is 1.62 bits per heavy atom. The number of urea groups is 1. The number of carbonyl (C=O) groups is 2. The van der Waals surface area contributed by atoms with Crippen LogP contribution < -0.4 is 20.1 Å². The Morgan fingerprint density at radius 3 is 2.25 bits per heavy atom. The second-order valence-electron chi connectivity index (χ2n) is 5.18. The molecule has 2 N–H and O–H groups in total. The molecule has 7 heteroatoms. The number of carbonyl (C=O) groups excluding carboxylic acids is 2. The van der Waals surface area contributed by atoms with Gasteiger partial charge in [-0.15, -0.1) is 0 Å². The fraction of sp³-hybridized carbons (Fsp3) is 0.176. The summed E-state index contributed by atoms with van der Waals surface area (Å²) in [5, 5.41) is 5.91. The lowest BCUT2D eigenvalue weighted by Gasteiger charge is -2.21. The van der Waals surface area contributed by atoms with Gasteiger partial charge in [0, 0.05) is 22.3 Å². The Hall–Kier alpha value is -2.73. The van der Waals surface area contributed by atoms with E-state index in [2.05, 4.69) is 10.6 Å². The molecule has 24 heavy (non-hydrogen) atoms. The number of Topliss-reactive ketones (excluding diaryl/α,β-unsaturated/α-hetero) is 1. The van der Waals surface area contributed by atoms with Gasteiger partial charge in [0.05, 0.1) is 5.69 Å². The summed E-state index contributed by atoms with van der Waals surface area (Å²) >= 11 is 5.81. The van der Waals surface area contributed by atoms with Crippen LogP contribution in [0.25, 0.3) is 0 Å². The molecule has 3 rings (SSSR count). The number of halogens is 1. The van der Waals surface area contributed by atoms with Gasteiger partial charge in [-0.1, -0.05) is 11.6 Å². The molecule has 0 atom stereocenters. The molecule has 2 aromatic carbocycles. The van der Waals surface area contributed by atoms with E-state index < -0.39 is 6.03 Å². The van der Waals surface area contributed by atoms with Crippen molar-refractivity contribution in [3.63, 3.8) is 0 Å². The first-order chi connectivity index (χ1) is 11.5. The Morgan fingerprint density at radius 1 is 1.00 bits per heavy atom. The van der Waals surface area contributed by atoms with Gasteiger partial charge in [0.1, 0.15) is 13.2 Å². The molecule has 0 saturated heterocycles. The van der Waals surface area contributed by atoms with Gasteiger partial charge >= 0.3 is 6.03 Å². The van der Waals surface area contributed by atoms with E-state index in [1.54, 1.807) is 36.4 Å². The van der Waals surface area contributed by atoms with Crippen molar-refractivity contribution in [1.82, 2.24) is 0 Å².